The van der Waals surface area contributed by atoms with Crippen molar-refractivity contribution < 1.29 is 17.6 Å². The zero-order chi connectivity index (χ0) is 4.99. The molecular formula is CH6BaN2O3. The second-order valence-electron chi connectivity index (χ2n) is 0.486. The molecule has 0 atom stereocenters. The topological polar surface area (TPSA) is 84.6 Å². The molecule has 0 heterocycles. The summed E-state index contributed by atoms with van der Waals surface area (Å²) in [7, 11) is 0. The van der Waals surface area contributed by atoms with Crippen LogP contribution in [0.15, 0.2) is 0 Å². The number of hydrazine groups is 1. The first kappa shape index (κ1) is 10.7. The van der Waals surface area contributed by atoms with Crippen molar-refractivity contribution in [1.29, 1.82) is 0 Å². The Balaban J connectivity index is -0.0000000417. The first-order chi connectivity index (χ1) is 2.77. The van der Waals surface area contributed by atoms with Gasteiger partial charge in [0.2, 0.25) is 0 Å². The van der Waals surface area contributed by atoms with E-state index in [0.717, 1.165) is 0 Å². The summed E-state index contributed by atoms with van der Waals surface area (Å²) in [5.74, 6) is 4.38. The van der Waals surface area contributed by atoms with Gasteiger partial charge in [-0.15, -0.1) is 0 Å². The second kappa shape index (κ2) is 6.76. The maximum absolute atomic E-state index is 9.23. The first-order valence-electron chi connectivity index (χ1n) is 1.12. The molecule has 0 radical (unpaired) electrons. The van der Waals surface area contributed by atoms with Gasteiger partial charge in [-0.05, 0) is 0 Å². The van der Waals surface area contributed by atoms with Gasteiger partial charge in [-0.25, -0.2) is 10.6 Å². The van der Waals surface area contributed by atoms with Gasteiger partial charge in [-0.2, -0.15) is 0 Å². The summed E-state index contributed by atoms with van der Waals surface area (Å²) in [6.07, 6.45) is -1.45. The Morgan fingerprint density at radius 2 is 2.43 bits per heavy atom. The molecule has 0 aliphatic heterocycles. The normalized spacial score (nSPS) is 6.43. The Morgan fingerprint density at radius 3 is 2.43 bits per heavy atom. The van der Waals surface area contributed by atoms with E-state index in [1.54, 1.807) is 0 Å². The van der Waals surface area contributed by atoms with Gasteiger partial charge in [0, 0.05) is 0 Å². The van der Waals surface area contributed by atoms with Crippen molar-refractivity contribution in [3.05, 3.63) is 0 Å². The Kier molecular flexibility index (Phi) is 10.3. The maximum Gasteiger partial charge on any atom is 2.00 e. The fourth-order valence-electron chi connectivity index (χ4n) is 0.0504. The third-order valence-electron chi connectivity index (χ3n) is 0.146. The molecule has 0 fully saturated rings. The fraction of sp³-hybridized carbons (Fsp3) is 0. The number of rotatable bonds is 1. The number of hydrogen-bond donors (Lipinski definition) is 3. The van der Waals surface area contributed by atoms with Crippen molar-refractivity contribution in [1.82, 2.24) is 5.59 Å². The summed E-state index contributed by atoms with van der Waals surface area (Å²) in [5, 5.41) is 7.55. The van der Waals surface area contributed by atoms with Crippen molar-refractivity contribution in [2.45, 2.75) is 0 Å². The molecule has 0 aromatic heterocycles. The molecule has 7 heavy (non-hydrogen) atoms. The van der Waals surface area contributed by atoms with Crippen LogP contribution in [0.4, 0.5) is 4.79 Å². The molecule has 0 aromatic carbocycles. The second-order valence-corrected chi connectivity index (χ2v) is 0.486. The quantitative estimate of drug-likeness (QED) is 0.303. The van der Waals surface area contributed by atoms with Crippen LogP contribution in [0.3, 0.4) is 0 Å². The third-order valence-corrected chi connectivity index (χ3v) is 0.146. The van der Waals surface area contributed by atoms with Gasteiger partial charge < -0.3 is 12.8 Å². The molecular weight excluding hydrogens is 225 g/mol. The summed E-state index contributed by atoms with van der Waals surface area (Å²) in [6.45, 7) is 0. The van der Waals surface area contributed by atoms with E-state index in [1.165, 1.54) is 5.59 Å². The zero-order valence-corrected chi connectivity index (χ0v) is 7.99. The molecule has 0 rings (SSSR count). The van der Waals surface area contributed by atoms with Crippen LogP contribution in [-0.2, 0) is 4.84 Å². The van der Waals surface area contributed by atoms with Crippen LogP contribution in [0.5, 0.6) is 0 Å². The summed E-state index contributed by atoms with van der Waals surface area (Å²) in [6, 6.07) is 0. The van der Waals surface area contributed by atoms with Crippen molar-refractivity contribution >= 4 is 55.0 Å². The van der Waals surface area contributed by atoms with E-state index in [-0.39, 0.29) is 51.7 Å². The van der Waals surface area contributed by atoms with Crippen LogP contribution < -0.4 is 11.4 Å². The summed E-state index contributed by atoms with van der Waals surface area (Å²) in [5.41, 5.74) is 1.47. The molecule has 0 aromatic rings. The van der Waals surface area contributed by atoms with Crippen molar-refractivity contribution in [2.24, 2.45) is 5.84 Å². The number of carboxylic acid groups (broad SMARTS) is 1. The van der Waals surface area contributed by atoms with E-state index in [2.05, 4.69) is 10.7 Å². The van der Waals surface area contributed by atoms with Crippen LogP contribution in [0.2, 0.25) is 0 Å². The number of nitrogens with two attached hydrogens (primary N) is 1. The van der Waals surface area contributed by atoms with Crippen LogP contribution in [0, 0.1) is 0 Å². The van der Waals surface area contributed by atoms with Crippen molar-refractivity contribution in [3.63, 3.8) is 0 Å². The smallest absolute Gasteiger partial charge is 1.00 e. The van der Waals surface area contributed by atoms with Gasteiger partial charge >= 0.3 is 55.0 Å². The monoisotopic (exact) mass is 232 g/mol. The third kappa shape index (κ3) is 10.8. The number of nitrogens with one attached hydrogen (secondary N) is 1. The van der Waals surface area contributed by atoms with E-state index >= 15 is 0 Å². The largest absolute Gasteiger partial charge is 2.00 e. The molecule has 0 bridgehead atoms. The predicted molar refractivity (Wildman–Crippen MR) is 24.4 cm³/mol. The van der Waals surface area contributed by atoms with Gasteiger partial charge in [0.25, 0.3) is 0 Å². The number of carbonyl (C=O) groups is 1. The minimum absolute atomic E-state index is 0. The van der Waals surface area contributed by atoms with Crippen LogP contribution in [-0.4, -0.2) is 60.1 Å². The molecule has 0 saturated carbocycles. The molecule has 6 heteroatoms. The van der Waals surface area contributed by atoms with E-state index in [1.807, 2.05) is 0 Å². The molecule has 0 aliphatic carbocycles. The summed E-state index contributed by atoms with van der Waals surface area (Å²) in [4.78, 5) is 12.7. The molecule has 0 amide bonds. The Hall–Kier alpha value is 0.761. The minimum atomic E-state index is -1.45. The van der Waals surface area contributed by atoms with Gasteiger partial charge in [0.15, 0.2) is 0 Å². The molecule has 0 unspecified atom stereocenters. The van der Waals surface area contributed by atoms with Gasteiger partial charge in [0.05, 0.1) is 0 Å². The molecule has 40 valence electrons. The first-order valence-corrected chi connectivity index (χ1v) is 1.12. The molecule has 0 saturated heterocycles. The standard InChI is InChI=1S/CH4N2O3.Ba.2H/c2-3-6-1(4)5;;;/h3H,2H2,(H,4,5);;;/q;+2;2*-1. The average molecular weight is 231 g/mol. The van der Waals surface area contributed by atoms with E-state index < -0.39 is 6.16 Å². The van der Waals surface area contributed by atoms with Crippen molar-refractivity contribution in [2.75, 3.05) is 0 Å². The van der Waals surface area contributed by atoms with E-state index in [9.17, 15) is 4.79 Å². The van der Waals surface area contributed by atoms with Crippen LogP contribution in [0.25, 0.3) is 0 Å². The molecule has 4 N–H and O–H groups in total. The number of hydrogen-bond acceptors (Lipinski definition) is 4. The Bertz CT molecular complexity index is 63.8. The van der Waals surface area contributed by atoms with Crippen LogP contribution in [0.1, 0.15) is 2.85 Å². The molecule has 0 spiro atoms. The van der Waals surface area contributed by atoms with E-state index in [4.69, 9.17) is 5.11 Å². The van der Waals surface area contributed by atoms with Crippen molar-refractivity contribution in [3.8, 4) is 0 Å². The summed E-state index contributed by atoms with van der Waals surface area (Å²) < 4.78 is 0. The Labute approximate surface area is 83.2 Å². The minimum Gasteiger partial charge on any atom is -1.00 e. The van der Waals surface area contributed by atoms with Crippen LogP contribution >= 0.6 is 0 Å². The van der Waals surface area contributed by atoms with Gasteiger partial charge in [0.1, 0.15) is 0 Å². The molecule has 0 aliphatic rings. The predicted octanol–water partition coefficient (Wildman–Crippen LogP) is -1.10. The Morgan fingerprint density at radius 1 is 2.00 bits per heavy atom. The molecule has 5 nitrogen and oxygen atoms in total. The maximum atomic E-state index is 9.23. The summed E-state index contributed by atoms with van der Waals surface area (Å²) >= 11 is 0. The zero-order valence-electron chi connectivity index (χ0n) is 5.55. The van der Waals surface area contributed by atoms with Gasteiger partial charge in [-0.1, -0.05) is 5.59 Å². The average Bonchev–Trinajstić information content (AvgIpc) is 1.35. The SMILES string of the molecule is NNOC(=O)O.[Ba+2].[H-].[H-]. The fourth-order valence-corrected chi connectivity index (χ4v) is 0.0504. The van der Waals surface area contributed by atoms with Gasteiger partial charge in [-0.3, -0.25) is 0 Å². The van der Waals surface area contributed by atoms with E-state index in [0.29, 0.717) is 0 Å².